The van der Waals surface area contributed by atoms with Crippen LogP contribution in [0.15, 0.2) is 23.1 Å². The first-order valence-corrected chi connectivity index (χ1v) is 8.20. The number of benzene rings is 1. The molecule has 0 heterocycles. The van der Waals surface area contributed by atoms with Crippen LogP contribution in [0.3, 0.4) is 0 Å². The molecule has 5 nitrogen and oxygen atoms in total. The van der Waals surface area contributed by atoms with Crippen LogP contribution in [0.5, 0.6) is 0 Å². The van der Waals surface area contributed by atoms with E-state index in [1.807, 2.05) is 6.92 Å². The van der Waals surface area contributed by atoms with E-state index in [2.05, 4.69) is 0 Å². The second-order valence-electron chi connectivity index (χ2n) is 4.47. The molecule has 0 saturated heterocycles. The van der Waals surface area contributed by atoms with Gasteiger partial charge in [-0.15, -0.1) is 0 Å². The van der Waals surface area contributed by atoms with Crippen LogP contribution < -0.4 is 5.73 Å². The van der Waals surface area contributed by atoms with Crippen LogP contribution in [-0.2, 0) is 10.0 Å². The van der Waals surface area contributed by atoms with Crippen molar-refractivity contribution in [2.24, 2.45) is 5.73 Å². The number of nitrogens with two attached hydrogens (primary N) is 1. The van der Waals surface area contributed by atoms with Gasteiger partial charge >= 0.3 is 0 Å². The van der Waals surface area contributed by atoms with Gasteiger partial charge in [-0.3, -0.25) is 0 Å². The van der Waals surface area contributed by atoms with Crippen LogP contribution in [0, 0.1) is 6.92 Å². The van der Waals surface area contributed by atoms with Crippen molar-refractivity contribution >= 4 is 27.2 Å². The van der Waals surface area contributed by atoms with Crippen LogP contribution >= 0.6 is 12.2 Å². The van der Waals surface area contributed by atoms with Gasteiger partial charge in [0, 0.05) is 18.7 Å². The van der Waals surface area contributed by atoms with Gasteiger partial charge in [0.15, 0.2) is 0 Å². The van der Waals surface area contributed by atoms with E-state index in [1.54, 1.807) is 19.1 Å². The molecule has 20 heavy (non-hydrogen) atoms. The predicted molar refractivity (Wildman–Crippen MR) is 83.2 cm³/mol. The van der Waals surface area contributed by atoms with Crippen LogP contribution in [0.25, 0.3) is 0 Å². The standard InChI is InChI=1S/C13H20N2O3S2/c1-3-6-15(7-8-16)20(17,18)12-5-4-11(13(14)19)9-10(12)2/h4-5,9,16H,3,6-8H2,1-2H3,(H2,14,19). The van der Waals surface area contributed by atoms with Gasteiger partial charge in [0.05, 0.1) is 11.5 Å². The Hall–Kier alpha value is -1.02. The van der Waals surface area contributed by atoms with Crippen molar-refractivity contribution in [3.8, 4) is 0 Å². The fourth-order valence-corrected chi connectivity index (χ4v) is 3.80. The molecule has 0 fully saturated rings. The number of nitrogens with zero attached hydrogens (tertiary/aromatic N) is 1. The molecule has 3 N–H and O–H groups in total. The highest BCUT2D eigenvalue weighted by molar-refractivity contribution is 7.89. The molecule has 0 unspecified atom stereocenters. The maximum Gasteiger partial charge on any atom is 0.243 e. The Labute approximate surface area is 125 Å². The zero-order valence-electron chi connectivity index (χ0n) is 11.7. The molecule has 0 bridgehead atoms. The minimum Gasteiger partial charge on any atom is -0.395 e. The SMILES string of the molecule is CCCN(CCO)S(=O)(=O)c1ccc(C(N)=S)cc1C. The number of hydrogen-bond acceptors (Lipinski definition) is 4. The second-order valence-corrected chi connectivity index (χ2v) is 6.82. The zero-order chi connectivity index (χ0) is 15.3. The highest BCUT2D eigenvalue weighted by Gasteiger charge is 2.25. The molecule has 0 saturated carbocycles. The molecular formula is C13H20N2O3S2. The lowest BCUT2D eigenvalue weighted by molar-refractivity contribution is 0.253. The molecule has 0 radical (unpaired) electrons. The summed E-state index contributed by atoms with van der Waals surface area (Å²) in [6, 6.07) is 4.78. The highest BCUT2D eigenvalue weighted by atomic mass is 32.2. The maximum absolute atomic E-state index is 12.6. The molecule has 1 aromatic rings. The van der Waals surface area contributed by atoms with Gasteiger partial charge in [-0.05, 0) is 31.0 Å². The minimum absolute atomic E-state index is 0.0899. The molecule has 0 spiro atoms. The number of aliphatic hydroxyl groups excluding tert-OH is 1. The average Bonchev–Trinajstić information content (AvgIpc) is 2.37. The third-order valence-electron chi connectivity index (χ3n) is 2.90. The molecule has 1 rings (SSSR count). The van der Waals surface area contributed by atoms with E-state index in [0.717, 1.165) is 0 Å². The molecule has 112 valence electrons. The summed E-state index contributed by atoms with van der Waals surface area (Å²) in [6.07, 6.45) is 0.684. The summed E-state index contributed by atoms with van der Waals surface area (Å²) in [4.78, 5) is 0.456. The Balaban J connectivity index is 3.23. The van der Waals surface area contributed by atoms with Crippen LogP contribution in [0.1, 0.15) is 24.5 Å². The number of hydrogen-bond donors (Lipinski definition) is 2. The Morgan fingerprint density at radius 1 is 1.40 bits per heavy atom. The lowest BCUT2D eigenvalue weighted by Gasteiger charge is -2.22. The summed E-state index contributed by atoms with van der Waals surface area (Å²) in [5, 5.41) is 9.02. The zero-order valence-corrected chi connectivity index (χ0v) is 13.3. The fraction of sp³-hybridized carbons (Fsp3) is 0.462. The smallest absolute Gasteiger partial charge is 0.243 e. The van der Waals surface area contributed by atoms with E-state index in [9.17, 15) is 8.42 Å². The van der Waals surface area contributed by atoms with Crippen LogP contribution in [-0.4, -0.2) is 42.5 Å². The van der Waals surface area contributed by atoms with E-state index in [4.69, 9.17) is 23.1 Å². The van der Waals surface area contributed by atoms with Crippen molar-refractivity contribution < 1.29 is 13.5 Å². The first-order valence-electron chi connectivity index (χ1n) is 6.36. The average molecular weight is 316 g/mol. The molecule has 0 amide bonds. The molecule has 0 atom stereocenters. The van der Waals surface area contributed by atoms with Crippen molar-refractivity contribution in [2.75, 3.05) is 19.7 Å². The Morgan fingerprint density at radius 2 is 2.05 bits per heavy atom. The summed E-state index contributed by atoms with van der Waals surface area (Å²) in [6.45, 7) is 3.86. The summed E-state index contributed by atoms with van der Waals surface area (Å²) >= 11 is 4.88. The monoisotopic (exact) mass is 316 g/mol. The Kier molecular flexibility index (Phi) is 6.07. The lowest BCUT2D eigenvalue weighted by atomic mass is 10.1. The largest absolute Gasteiger partial charge is 0.395 e. The van der Waals surface area contributed by atoms with Gasteiger partial charge in [-0.1, -0.05) is 25.2 Å². The Morgan fingerprint density at radius 3 is 2.50 bits per heavy atom. The van der Waals surface area contributed by atoms with Gasteiger partial charge in [0.2, 0.25) is 10.0 Å². The fourth-order valence-electron chi connectivity index (χ4n) is 1.94. The van der Waals surface area contributed by atoms with Gasteiger partial charge < -0.3 is 10.8 Å². The second kappa shape index (κ2) is 7.12. The first-order chi connectivity index (χ1) is 9.34. The summed E-state index contributed by atoms with van der Waals surface area (Å²) in [5.41, 5.74) is 6.77. The van der Waals surface area contributed by atoms with Gasteiger partial charge in [-0.25, -0.2) is 8.42 Å². The number of aliphatic hydroxyl groups is 1. The maximum atomic E-state index is 12.6. The van der Waals surface area contributed by atoms with E-state index in [1.165, 1.54) is 10.4 Å². The van der Waals surface area contributed by atoms with E-state index in [-0.39, 0.29) is 23.0 Å². The van der Waals surface area contributed by atoms with Crippen LogP contribution in [0.4, 0.5) is 0 Å². The first kappa shape index (κ1) is 17.0. The highest BCUT2D eigenvalue weighted by Crippen LogP contribution is 2.21. The van der Waals surface area contributed by atoms with Crippen molar-refractivity contribution in [3.05, 3.63) is 29.3 Å². The molecule has 0 aromatic heterocycles. The number of aryl methyl sites for hydroxylation is 1. The number of rotatable bonds is 7. The molecule has 0 aliphatic heterocycles. The summed E-state index contributed by atoms with van der Waals surface area (Å²) < 4.78 is 26.4. The van der Waals surface area contributed by atoms with Crippen molar-refractivity contribution in [3.63, 3.8) is 0 Å². The number of thiocarbonyl (C=S) groups is 1. The van der Waals surface area contributed by atoms with Gasteiger partial charge in [0.1, 0.15) is 4.99 Å². The van der Waals surface area contributed by atoms with Crippen molar-refractivity contribution in [1.82, 2.24) is 4.31 Å². The molecule has 0 aliphatic carbocycles. The molecule has 0 aliphatic rings. The predicted octanol–water partition coefficient (Wildman–Crippen LogP) is 1.02. The summed E-state index contributed by atoms with van der Waals surface area (Å²) in [7, 11) is -3.61. The van der Waals surface area contributed by atoms with E-state index < -0.39 is 10.0 Å². The van der Waals surface area contributed by atoms with Crippen molar-refractivity contribution in [2.45, 2.75) is 25.2 Å². The van der Waals surface area contributed by atoms with Gasteiger partial charge in [-0.2, -0.15) is 4.31 Å². The molecule has 1 aromatic carbocycles. The number of sulfonamides is 1. The van der Waals surface area contributed by atoms with E-state index >= 15 is 0 Å². The molecular weight excluding hydrogens is 296 g/mol. The summed E-state index contributed by atoms with van der Waals surface area (Å²) in [5.74, 6) is 0. The third-order valence-corrected chi connectivity index (χ3v) is 5.19. The van der Waals surface area contributed by atoms with E-state index in [0.29, 0.717) is 24.1 Å². The lowest BCUT2D eigenvalue weighted by Crippen LogP contribution is -2.34. The minimum atomic E-state index is -3.61. The topological polar surface area (TPSA) is 83.6 Å². The van der Waals surface area contributed by atoms with Crippen molar-refractivity contribution in [1.29, 1.82) is 0 Å². The van der Waals surface area contributed by atoms with Gasteiger partial charge in [0.25, 0.3) is 0 Å². The molecule has 7 heteroatoms. The normalized spacial score (nSPS) is 11.8. The third kappa shape index (κ3) is 3.76. The van der Waals surface area contributed by atoms with Crippen LogP contribution in [0.2, 0.25) is 0 Å². The quantitative estimate of drug-likeness (QED) is 0.734. The Bertz CT molecular complexity index is 579.